The molecule has 0 saturated heterocycles. The van der Waals surface area contributed by atoms with Gasteiger partial charge in [0.15, 0.2) is 0 Å². The van der Waals surface area contributed by atoms with E-state index in [0.29, 0.717) is 0 Å². The van der Waals surface area contributed by atoms with Crippen molar-refractivity contribution in [1.82, 2.24) is 10.6 Å². The lowest BCUT2D eigenvalue weighted by atomic mass is 10.1. The minimum Gasteiger partial charge on any atom is -0.480 e. The van der Waals surface area contributed by atoms with Gasteiger partial charge in [-0.3, -0.25) is 14.4 Å². The third kappa shape index (κ3) is 6.99. The van der Waals surface area contributed by atoms with Crippen LogP contribution in [0.3, 0.4) is 0 Å². The number of hydrogen-bond donors (Lipinski definition) is 6. The lowest BCUT2D eigenvalue weighted by Crippen LogP contribution is -2.57. The zero-order valence-corrected chi connectivity index (χ0v) is 12.4. The second kappa shape index (κ2) is 8.95. The molecule has 0 aromatic carbocycles. The number of aliphatic carboxylic acids is 1. The molecule has 0 aliphatic carbocycles. The number of nitrogens with two attached hydrogens (primary N) is 2. The van der Waals surface area contributed by atoms with E-state index in [-0.39, 0.29) is 12.8 Å². The number of rotatable bonds is 9. The van der Waals surface area contributed by atoms with Crippen molar-refractivity contribution in [2.24, 2.45) is 11.5 Å². The van der Waals surface area contributed by atoms with E-state index in [9.17, 15) is 24.3 Å². The number of carbonyl (C=O) groups is 4. The van der Waals surface area contributed by atoms with Gasteiger partial charge in [-0.1, -0.05) is 0 Å². The standard InChI is InChI=1S/C12H22N4O6/c1-5(13)10(19)16-9(6(2)17)11(20)15-7(12(21)22)3-4-8(14)18/h5-7,9,17H,3-4,13H2,1-2H3,(H2,14,18)(H,15,20)(H,16,19)(H,21,22)/t5-,6+,7-,9-/m0/s1. The molecule has 10 heteroatoms. The van der Waals surface area contributed by atoms with Gasteiger partial charge in [-0.2, -0.15) is 0 Å². The van der Waals surface area contributed by atoms with Gasteiger partial charge in [0.05, 0.1) is 12.1 Å². The Morgan fingerprint density at radius 3 is 2.00 bits per heavy atom. The molecular weight excluding hydrogens is 296 g/mol. The van der Waals surface area contributed by atoms with Crippen molar-refractivity contribution >= 4 is 23.7 Å². The Balaban J connectivity index is 4.87. The third-order valence-electron chi connectivity index (χ3n) is 2.77. The molecule has 0 aromatic rings. The van der Waals surface area contributed by atoms with E-state index < -0.39 is 47.9 Å². The molecular formula is C12H22N4O6. The van der Waals surface area contributed by atoms with Crippen LogP contribution in [0.4, 0.5) is 0 Å². The highest BCUT2D eigenvalue weighted by Gasteiger charge is 2.30. The highest BCUT2D eigenvalue weighted by Crippen LogP contribution is 2.01. The van der Waals surface area contributed by atoms with Crippen molar-refractivity contribution in [3.05, 3.63) is 0 Å². The number of carbonyl (C=O) groups excluding carboxylic acids is 3. The molecule has 126 valence electrons. The Kier molecular flexibility index (Phi) is 8.05. The number of amides is 3. The highest BCUT2D eigenvalue weighted by molar-refractivity contribution is 5.92. The molecule has 3 amide bonds. The molecule has 0 unspecified atom stereocenters. The van der Waals surface area contributed by atoms with Gasteiger partial charge in [0, 0.05) is 6.42 Å². The largest absolute Gasteiger partial charge is 0.480 e. The van der Waals surface area contributed by atoms with Crippen LogP contribution in [0.15, 0.2) is 0 Å². The van der Waals surface area contributed by atoms with E-state index in [1.165, 1.54) is 13.8 Å². The number of carboxylic acids is 1. The first-order chi connectivity index (χ1) is 10.1. The maximum absolute atomic E-state index is 12.0. The molecule has 0 radical (unpaired) electrons. The quantitative estimate of drug-likeness (QED) is 0.262. The van der Waals surface area contributed by atoms with E-state index in [1.54, 1.807) is 0 Å². The number of primary amides is 1. The number of carboxylic acid groups (broad SMARTS) is 1. The van der Waals surface area contributed by atoms with Crippen LogP contribution >= 0.6 is 0 Å². The second-order valence-corrected chi connectivity index (χ2v) is 4.92. The van der Waals surface area contributed by atoms with Crippen LogP contribution in [0.25, 0.3) is 0 Å². The van der Waals surface area contributed by atoms with Gasteiger partial charge < -0.3 is 32.3 Å². The van der Waals surface area contributed by atoms with Gasteiger partial charge in [-0.05, 0) is 20.3 Å². The minimum absolute atomic E-state index is 0.204. The van der Waals surface area contributed by atoms with Gasteiger partial charge in [-0.15, -0.1) is 0 Å². The summed E-state index contributed by atoms with van der Waals surface area (Å²) in [5.74, 6) is -3.65. The molecule has 0 bridgehead atoms. The Morgan fingerprint density at radius 1 is 1.09 bits per heavy atom. The van der Waals surface area contributed by atoms with Crippen LogP contribution in [0, 0.1) is 0 Å². The molecule has 0 rings (SSSR count). The molecule has 0 fully saturated rings. The summed E-state index contributed by atoms with van der Waals surface area (Å²) >= 11 is 0. The van der Waals surface area contributed by atoms with E-state index >= 15 is 0 Å². The lowest BCUT2D eigenvalue weighted by molar-refractivity contribution is -0.143. The topological polar surface area (TPSA) is 185 Å². The van der Waals surface area contributed by atoms with E-state index in [2.05, 4.69) is 10.6 Å². The zero-order valence-electron chi connectivity index (χ0n) is 12.4. The number of aliphatic hydroxyl groups excluding tert-OH is 1. The number of aliphatic hydroxyl groups is 1. The average molecular weight is 318 g/mol. The molecule has 8 N–H and O–H groups in total. The van der Waals surface area contributed by atoms with Crippen LogP contribution in [0.1, 0.15) is 26.7 Å². The molecule has 0 aliphatic heterocycles. The van der Waals surface area contributed by atoms with Crippen molar-refractivity contribution < 1.29 is 29.4 Å². The summed E-state index contributed by atoms with van der Waals surface area (Å²) in [4.78, 5) is 45.2. The van der Waals surface area contributed by atoms with Gasteiger partial charge in [0.1, 0.15) is 12.1 Å². The van der Waals surface area contributed by atoms with Crippen molar-refractivity contribution in [2.45, 2.75) is 50.9 Å². The SMILES string of the molecule is C[C@H](N)C(=O)N[C@H](C(=O)N[C@@H](CCC(N)=O)C(=O)O)[C@@H](C)O. The Labute approximate surface area is 127 Å². The summed E-state index contributed by atoms with van der Waals surface area (Å²) in [6.45, 7) is 2.64. The van der Waals surface area contributed by atoms with Crippen molar-refractivity contribution in [1.29, 1.82) is 0 Å². The normalized spacial score (nSPS) is 16.0. The van der Waals surface area contributed by atoms with Crippen LogP contribution in [0.5, 0.6) is 0 Å². The average Bonchev–Trinajstić information content (AvgIpc) is 2.38. The smallest absolute Gasteiger partial charge is 0.326 e. The summed E-state index contributed by atoms with van der Waals surface area (Å²) in [5.41, 5.74) is 10.3. The molecule has 0 spiro atoms. The fraction of sp³-hybridized carbons (Fsp3) is 0.667. The molecule has 0 aromatic heterocycles. The molecule has 10 nitrogen and oxygen atoms in total. The number of nitrogens with one attached hydrogen (secondary N) is 2. The molecule has 4 atom stereocenters. The monoisotopic (exact) mass is 318 g/mol. The Hall–Kier alpha value is -2.20. The van der Waals surface area contributed by atoms with Gasteiger partial charge in [-0.25, -0.2) is 4.79 Å². The van der Waals surface area contributed by atoms with E-state index in [1.807, 2.05) is 0 Å². The maximum Gasteiger partial charge on any atom is 0.326 e. The van der Waals surface area contributed by atoms with Crippen LogP contribution in [0.2, 0.25) is 0 Å². The maximum atomic E-state index is 12.0. The molecule has 22 heavy (non-hydrogen) atoms. The predicted octanol–water partition coefficient (Wildman–Crippen LogP) is -2.97. The van der Waals surface area contributed by atoms with Crippen molar-refractivity contribution in [3.8, 4) is 0 Å². The van der Waals surface area contributed by atoms with Crippen molar-refractivity contribution in [3.63, 3.8) is 0 Å². The van der Waals surface area contributed by atoms with Gasteiger partial charge >= 0.3 is 5.97 Å². The van der Waals surface area contributed by atoms with Crippen LogP contribution in [-0.2, 0) is 19.2 Å². The fourth-order valence-corrected chi connectivity index (χ4v) is 1.50. The fourth-order valence-electron chi connectivity index (χ4n) is 1.50. The first-order valence-corrected chi connectivity index (χ1v) is 6.61. The Morgan fingerprint density at radius 2 is 1.64 bits per heavy atom. The summed E-state index contributed by atoms with van der Waals surface area (Å²) in [5, 5.41) is 22.9. The Bertz CT molecular complexity index is 437. The number of hydrogen-bond acceptors (Lipinski definition) is 6. The first-order valence-electron chi connectivity index (χ1n) is 6.61. The predicted molar refractivity (Wildman–Crippen MR) is 75.3 cm³/mol. The lowest BCUT2D eigenvalue weighted by Gasteiger charge is -2.23. The van der Waals surface area contributed by atoms with Crippen LogP contribution in [-0.4, -0.2) is 58.1 Å². The highest BCUT2D eigenvalue weighted by atomic mass is 16.4. The zero-order chi connectivity index (χ0) is 17.4. The third-order valence-corrected chi connectivity index (χ3v) is 2.77. The molecule has 0 aliphatic rings. The summed E-state index contributed by atoms with van der Waals surface area (Å²) in [6.07, 6.45) is -1.71. The van der Waals surface area contributed by atoms with Crippen LogP contribution < -0.4 is 22.1 Å². The van der Waals surface area contributed by atoms with Crippen molar-refractivity contribution in [2.75, 3.05) is 0 Å². The van der Waals surface area contributed by atoms with E-state index in [0.717, 1.165) is 0 Å². The second-order valence-electron chi connectivity index (χ2n) is 4.92. The summed E-state index contributed by atoms with van der Waals surface area (Å²) in [7, 11) is 0. The first kappa shape index (κ1) is 19.8. The van der Waals surface area contributed by atoms with Gasteiger partial charge in [0.25, 0.3) is 0 Å². The van der Waals surface area contributed by atoms with E-state index in [4.69, 9.17) is 16.6 Å². The summed E-state index contributed by atoms with van der Waals surface area (Å²) in [6, 6.07) is -3.64. The minimum atomic E-state index is -1.37. The summed E-state index contributed by atoms with van der Waals surface area (Å²) < 4.78 is 0. The van der Waals surface area contributed by atoms with Gasteiger partial charge in [0.2, 0.25) is 17.7 Å². The molecule has 0 saturated carbocycles. The molecule has 0 heterocycles.